The molecule has 14 nitrogen and oxygen atoms in total. The molecule has 3 N–H and O–H groups in total. The fraction of sp³-hybridized carbons (Fsp3) is 0.650. The summed E-state index contributed by atoms with van der Waals surface area (Å²) in [4.78, 5) is 47.7. The van der Waals surface area contributed by atoms with Gasteiger partial charge in [0.25, 0.3) is 5.91 Å². The molecule has 1 aromatic heterocycles. The van der Waals surface area contributed by atoms with E-state index in [0.717, 1.165) is 19.3 Å². The summed E-state index contributed by atoms with van der Waals surface area (Å²) >= 11 is 0. The molecule has 2 aromatic rings. The van der Waals surface area contributed by atoms with Crippen molar-refractivity contribution in [2.45, 2.75) is 140 Å². The van der Waals surface area contributed by atoms with Gasteiger partial charge in [0, 0.05) is 36.4 Å². The van der Waals surface area contributed by atoms with E-state index in [9.17, 15) is 27.2 Å². The van der Waals surface area contributed by atoms with Gasteiger partial charge in [0.05, 0.1) is 24.5 Å². The highest BCUT2D eigenvalue weighted by atomic mass is 32.2. The molecule has 0 bridgehead atoms. The fourth-order valence-corrected chi connectivity index (χ4v) is 8.80. The number of hydrogen-bond acceptors (Lipinski definition) is 11. The molecule has 0 radical (unpaired) electrons. The summed E-state index contributed by atoms with van der Waals surface area (Å²) in [5, 5.41) is 6.70. The van der Waals surface area contributed by atoms with Crippen molar-refractivity contribution in [2.24, 2.45) is 5.92 Å². The minimum atomic E-state index is -3.90. The van der Waals surface area contributed by atoms with Crippen molar-refractivity contribution in [3.63, 3.8) is 0 Å². The van der Waals surface area contributed by atoms with Crippen LogP contribution in [0.15, 0.2) is 30.4 Å². The van der Waals surface area contributed by atoms with E-state index in [1.807, 2.05) is 26.0 Å². The molecule has 1 saturated heterocycles. The smallest absolute Gasteiger partial charge is 0.408 e. The quantitative estimate of drug-likeness (QED) is 0.282. The van der Waals surface area contributed by atoms with Crippen LogP contribution in [0.25, 0.3) is 10.9 Å². The normalized spacial score (nSPS) is 26.7. The molecule has 5 unspecified atom stereocenters. The van der Waals surface area contributed by atoms with Crippen LogP contribution in [0.3, 0.4) is 0 Å². The first-order valence-electron chi connectivity index (χ1n) is 19.6. The number of nitrogens with zero attached hydrogens (tertiary/aromatic N) is 2. The number of rotatable bonds is 9. The Labute approximate surface area is 328 Å². The highest BCUT2D eigenvalue weighted by molar-refractivity contribution is 7.91. The first-order valence-corrected chi connectivity index (χ1v) is 21.1. The highest BCUT2D eigenvalue weighted by Crippen LogP contribution is 2.47. The molecule has 1 aromatic carbocycles. The second kappa shape index (κ2) is 16.0. The lowest BCUT2D eigenvalue weighted by molar-refractivity contribution is -0.134. The third-order valence-corrected chi connectivity index (χ3v) is 13.1. The Morgan fingerprint density at radius 2 is 1.89 bits per heavy atom. The van der Waals surface area contributed by atoms with Gasteiger partial charge in [0.15, 0.2) is 11.6 Å². The van der Waals surface area contributed by atoms with Crippen LogP contribution in [0.5, 0.6) is 17.4 Å². The van der Waals surface area contributed by atoms with Crippen molar-refractivity contribution in [3.05, 3.63) is 36.2 Å². The third-order valence-electron chi connectivity index (χ3n) is 11.0. The van der Waals surface area contributed by atoms with E-state index in [0.29, 0.717) is 49.7 Å². The maximum absolute atomic E-state index is 14.9. The number of methoxy groups -OCH3 is 1. The Morgan fingerprint density at radius 3 is 2.57 bits per heavy atom. The summed E-state index contributed by atoms with van der Waals surface area (Å²) in [6.45, 7) is 10.8. The summed E-state index contributed by atoms with van der Waals surface area (Å²) in [7, 11) is -2.54. The Hall–Kier alpha value is -4.18. The molecule has 3 fully saturated rings. The van der Waals surface area contributed by atoms with Crippen LogP contribution < -0.4 is 29.6 Å². The van der Waals surface area contributed by atoms with Gasteiger partial charge >= 0.3 is 6.09 Å². The van der Waals surface area contributed by atoms with Gasteiger partial charge in [0.2, 0.25) is 21.8 Å². The Balaban J connectivity index is 1.32. The molecular formula is C40H56FN5O9S. The van der Waals surface area contributed by atoms with Gasteiger partial charge in [-0.15, -0.1) is 0 Å². The first kappa shape index (κ1) is 41.5. The average molecular weight is 802 g/mol. The number of halogens is 1. The maximum Gasteiger partial charge on any atom is 0.408 e. The van der Waals surface area contributed by atoms with Crippen molar-refractivity contribution in [1.29, 1.82) is 0 Å². The van der Waals surface area contributed by atoms with Crippen LogP contribution in [0.1, 0.15) is 99.3 Å². The summed E-state index contributed by atoms with van der Waals surface area (Å²) in [5.41, 5.74) is -1.76. The summed E-state index contributed by atoms with van der Waals surface area (Å²) in [6.07, 6.45) is 7.58. The average Bonchev–Trinajstić information content (AvgIpc) is 3.99. The van der Waals surface area contributed by atoms with Crippen molar-refractivity contribution >= 4 is 38.8 Å². The fourth-order valence-electron chi connectivity index (χ4n) is 7.49. The number of allylic oxidation sites excluding steroid dienone is 1. The molecule has 0 spiro atoms. The number of fused-ring (bicyclic) bond motifs is 3. The number of amides is 3. The van der Waals surface area contributed by atoms with Crippen LogP contribution in [0.2, 0.25) is 0 Å². The molecule has 2 aliphatic heterocycles. The number of alkyl carbamates (subject to hydrolysis) is 1. The number of nitrogens with one attached hydrogen (secondary N) is 3. The number of aromatic nitrogens is 1. The van der Waals surface area contributed by atoms with E-state index >= 15 is 0 Å². The number of hydrogen-bond donors (Lipinski definition) is 3. The van der Waals surface area contributed by atoms with Gasteiger partial charge < -0.3 is 34.5 Å². The summed E-state index contributed by atoms with van der Waals surface area (Å²) < 4.78 is 66.1. The second-order valence-corrected chi connectivity index (χ2v) is 19.2. The SMILES string of the molecule is COc1c(F)ccc2c(OC3CC4CNC5(C(=O)NS(=O)(=O)C6(C)CC6)CC5C=CCCCCCC(NC(=O)OC(C)(C)C)C(=O)N4C3)cc(OC(C)C)nc12. The zero-order valence-corrected chi connectivity index (χ0v) is 34.2. The van der Waals surface area contributed by atoms with Gasteiger partial charge in [-0.05, 0) is 92.2 Å². The summed E-state index contributed by atoms with van der Waals surface area (Å²) in [6, 6.07) is 3.02. The second-order valence-electron chi connectivity index (χ2n) is 17.0. The predicted molar refractivity (Wildman–Crippen MR) is 207 cm³/mol. The molecule has 16 heteroatoms. The zero-order chi connectivity index (χ0) is 40.6. The van der Waals surface area contributed by atoms with Crippen LogP contribution in [-0.4, -0.2) is 96.6 Å². The van der Waals surface area contributed by atoms with Gasteiger partial charge in [-0.1, -0.05) is 25.0 Å². The number of pyridine rings is 1. The molecule has 2 aliphatic carbocycles. The van der Waals surface area contributed by atoms with Crippen molar-refractivity contribution < 1.29 is 46.1 Å². The number of ether oxygens (including phenoxy) is 4. The molecule has 3 amide bonds. The lowest BCUT2D eigenvalue weighted by Gasteiger charge is -2.31. The molecule has 56 heavy (non-hydrogen) atoms. The van der Waals surface area contributed by atoms with Crippen LogP contribution in [0, 0.1) is 11.7 Å². The zero-order valence-electron chi connectivity index (χ0n) is 33.4. The van der Waals surface area contributed by atoms with Crippen LogP contribution >= 0.6 is 0 Å². The van der Waals surface area contributed by atoms with Crippen molar-refractivity contribution in [2.75, 3.05) is 20.2 Å². The lowest BCUT2D eigenvalue weighted by Crippen LogP contribution is -2.56. The molecule has 2 saturated carbocycles. The standard InChI is InChI=1S/C40H56FN5O9S/c1-24(2)53-32-20-31(28-15-16-29(41)34(52-7)33(28)44-32)54-27-19-26-22-42-40(36(48)45-56(50,51)39(6)17-18-39)21-25(40)13-11-9-8-10-12-14-30(35(47)46(26)23-27)43-37(49)55-38(3,4)5/h11,13,15-16,20,24-27,30,42H,8-10,12,14,17-19,21-23H2,1-7H3,(H,43,49)(H,45,48). The lowest BCUT2D eigenvalue weighted by atomic mass is 10.1. The Morgan fingerprint density at radius 1 is 1.14 bits per heavy atom. The van der Waals surface area contributed by atoms with Gasteiger partial charge in [-0.25, -0.2) is 22.6 Å². The van der Waals surface area contributed by atoms with Gasteiger partial charge in [-0.3, -0.25) is 14.3 Å². The Bertz CT molecular complexity index is 1960. The molecular weight excluding hydrogens is 746 g/mol. The van der Waals surface area contributed by atoms with E-state index in [-0.39, 0.29) is 48.2 Å². The number of benzene rings is 1. The van der Waals surface area contributed by atoms with E-state index in [1.54, 1.807) is 44.7 Å². The van der Waals surface area contributed by atoms with E-state index in [2.05, 4.69) is 20.3 Å². The highest BCUT2D eigenvalue weighted by Gasteiger charge is 2.61. The molecule has 4 aliphatic rings. The van der Waals surface area contributed by atoms with Crippen LogP contribution in [0.4, 0.5) is 9.18 Å². The Kier molecular flexibility index (Phi) is 11.8. The third kappa shape index (κ3) is 9.17. The van der Waals surface area contributed by atoms with E-state index in [4.69, 9.17) is 18.9 Å². The topological polar surface area (TPSA) is 174 Å². The van der Waals surface area contributed by atoms with Gasteiger partial charge in [-0.2, -0.15) is 0 Å². The van der Waals surface area contributed by atoms with Gasteiger partial charge in [0.1, 0.15) is 34.6 Å². The minimum Gasteiger partial charge on any atom is -0.491 e. The van der Waals surface area contributed by atoms with Crippen molar-refractivity contribution in [1.82, 2.24) is 25.2 Å². The molecule has 5 atom stereocenters. The first-order chi connectivity index (χ1) is 26.3. The minimum absolute atomic E-state index is 0.0645. The van der Waals surface area contributed by atoms with Crippen molar-refractivity contribution in [3.8, 4) is 17.4 Å². The molecule has 6 rings (SSSR count). The predicted octanol–water partition coefficient (Wildman–Crippen LogP) is 5.28. The number of sulfonamides is 1. The number of carbonyl (C=O) groups is 3. The molecule has 308 valence electrons. The monoisotopic (exact) mass is 801 g/mol. The molecule has 3 heterocycles. The summed E-state index contributed by atoms with van der Waals surface area (Å²) in [5.74, 6) is -1.30. The van der Waals surface area contributed by atoms with Crippen LogP contribution in [-0.2, 0) is 24.3 Å². The van der Waals surface area contributed by atoms with E-state index in [1.165, 1.54) is 13.2 Å². The maximum atomic E-state index is 14.9. The van der Waals surface area contributed by atoms with E-state index < -0.39 is 61.9 Å². The number of carbonyl (C=O) groups excluding carboxylic acids is 3. The largest absolute Gasteiger partial charge is 0.491 e.